The molecule has 0 unspecified atom stereocenters. The Kier molecular flexibility index (Phi) is 7.31. The van der Waals surface area contributed by atoms with Crippen molar-refractivity contribution in [1.82, 2.24) is 14.6 Å². The molecule has 0 atom stereocenters. The Morgan fingerprint density at radius 3 is 2.71 bits per heavy atom. The fourth-order valence-corrected chi connectivity index (χ4v) is 2.63. The highest BCUT2D eigenvalue weighted by atomic mass is 32.2. The van der Waals surface area contributed by atoms with Crippen LogP contribution in [0, 0.1) is 0 Å². The van der Waals surface area contributed by atoms with Gasteiger partial charge in [0, 0.05) is 25.5 Å². The number of hydrogen-bond acceptors (Lipinski definition) is 4. The molecule has 0 spiro atoms. The van der Waals surface area contributed by atoms with E-state index in [4.69, 9.17) is 0 Å². The number of carbonyl (C=O) groups is 1. The number of aromatic nitrogens is 1. The molecule has 1 aromatic heterocycles. The van der Waals surface area contributed by atoms with Gasteiger partial charge in [0.15, 0.2) is 0 Å². The molecule has 0 saturated heterocycles. The molecule has 1 aromatic rings. The van der Waals surface area contributed by atoms with Crippen LogP contribution < -0.4 is 5.32 Å². The predicted octanol–water partition coefficient (Wildman–Crippen LogP) is 1.15. The van der Waals surface area contributed by atoms with Gasteiger partial charge in [0.05, 0.1) is 12.8 Å². The summed E-state index contributed by atoms with van der Waals surface area (Å²) in [4.78, 5) is 15.8. The van der Waals surface area contributed by atoms with Crippen LogP contribution >= 0.6 is 0 Å². The molecule has 0 saturated carbocycles. The minimum absolute atomic E-state index is 0.136. The number of carbonyl (C=O) groups excluding carboxylic acids is 1. The van der Waals surface area contributed by atoms with Crippen molar-refractivity contribution in [2.24, 2.45) is 0 Å². The molecule has 0 radical (unpaired) electrons. The van der Waals surface area contributed by atoms with Crippen LogP contribution in [-0.4, -0.2) is 43.0 Å². The van der Waals surface area contributed by atoms with Crippen molar-refractivity contribution in [3.8, 4) is 0 Å². The quantitative estimate of drug-likeness (QED) is 0.694. The number of sulfonamides is 1. The van der Waals surface area contributed by atoms with Gasteiger partial charge in [0.1, 0.15) is 0 Å². The highest BCUT2D eigenvalue weighted by Crippen LogP contribution is 2.03. The number of pyridine rings is 1. The molecule has 7 heteroatoms. The summed E-state index contributed by atoms with van der Waals surface area (Å²) in [7, 11) is -3.36. The first-order valence-corrected chi connectivity index (χ1v) is 8.89. The summed E-state index contributed by atoms with van der Waals surface area (Å²) in [5.74, 6) is -0.305. The smallest absolute Gasteiger partial charge is 0.235 e. The Morgan fingerprint density at radius 2 is 2.14 bits per heavy atom. The van der Waals surface area contributed by atoms with E-state index in [2.05, 4.69) is 10.3 Å². The first-order chi connectivity index (χ1) is 9.93. The summed E-state index contributed by atoms with van der Waals surface area (Å²) in [5, 5.41) is 2.71. The third kappa shape index (κ3) is 7.19. The zero-order valence-corrected chi connectivity index (χ0v) is 13.4. The number of amides is 1. The van der Waals surface area contributed by atoms with E-state index in [0.29, 0.717) is 13.1 Å². The summed E-state index contributed by atoms with van der Waals surface area (Å²) < 4.78 is 24.6. The zero-order valence-electron chi connectivity index (χ0n) is 12.6. The fraction of sp³-hybridized carbons (Fsp3) is 0.571. The lowest BCUT2D eigenvalue weighted by Gasteiger charge is -2.19. The maximum absolute atomic E-state index is 11.9. The molecule has 0 aliphatic heterocycles. The normalized spacial score (nSPS) is 11.6. The minimum Gasteiger partial charge on any atom is -0.351 e. The first-order valence-electron chi connectivity index (χ1n) is 7.04. The van der Waals surface area contributed by atoms with Crippen LogP contribution in [0.25, 0.3) is 0 Å². The minimum atomic E-state index is -3.36. The molecule has 118 valence electrons. The van der Waals surface area contributed by atoms with Gasteiger partial charge >= 0.3 is 0 Å². The van der Waals surface area contributed by atoms with E-state index >= 15 is 0 Å². The summed E-state index contributed by atoms with van der Waals surface area (Å²) >= 11 is 0. The van der Waals surface area contributed by atoms with Gasteiger partial charge < -0.3 is 5.32 Å². The second kappa shape index (κ2) is 8.74. The van der Waals surface area contributed by atoms with Gasteiger partial charge in [-0.1, -0.05) is 25.8 Å². The van der Waals surface area contributed by atoms with Crippen molar-refractivity contribution in [2.45, 2.75) is 32.7 Å². The fourth-order valence-electron chi connectivity index (χ4n) is 1.82. The van der Waals surface area contributed by atoms with Crippen molar-refractivity contribution >= 4 is 15.9 Å². The van der Waals surface area contributed by atoms with Gasteiger partial charge in [0.25, 0.3) is 0 Å². The van der Waals surface area contributed by atoms with Gasteiger partial charge in [-0.3, -0.25) is 9.78 Å². The molecular weight excluding hydrogens is 290 g/mol. The number of nitrogens with zero attached hydrogens (tertiary/aromatic N) is 2. The van der Waals surface area contributed by atoms with Crippen LogP contribution in [0.15, 0.2) is 24.5 Å². The molecule has 1 amide bonds. The molecule has 0 aliphatic carbocycles. The van der Waals surface area contributed by atoms with Crippen molar-refractivity contribution in [3.63, 3.8) is 0 Å². The van der Waals surface area contributed by atoms with Crippen molar-refractivity contribution < 1.29 is 13.2 Å². The van der Waals surface area contributed by atoms with Crippen LogP contribution in [-0.2, 0) is 21.4 Å². The molecule has 1 heterocycles. The molecule has 21 heavy (non-hydrogen) atoms. The largest absolute Gasteiger partial charge is 0.351 e. The number of unbranched alkanes of at least 4 members (excludes halogenated alkanes) is 2. The third-order valence-electron chi connectivity index (χ3n) is 3.01. The van der Waals surface area contributed by atoms with E-state index < -0.39 is 10.0 Å². The van der Waals surface area contributed by atoms with E-state index in [1.165, 1.54) is 4.31 Å². The topological polar surface area (TPSA) is 79.4 Å². The van der Waals surface area contributed by atoms with Gasteiger partial charge in [-0.15, -0.1) is 0 Å². The van der Waals surface area contributed by atoms with Crippen molar-refractivity contribution in [1.29, 1.82) is 0 Å². The lowest BCUT2D eigenvalue weighted by atomic mass is 10.2. The van der Waals surface area contributed by atoms with Crippen LogP contribution in [0.3, 0.4) is 0 Å². The summed E-state index contributed by atoms with van der Waals surface area (Å²) in [5.41, 5.74) is 0.878. The maximum atomic E-state index is 11.9. The first kappa shape index (κ1) is 17.6. The second-order valence-corrected chi connectivity index (χ2v) is 6.92. The Morgan fingerprint density at radius 1 is 1.38 bits per heavy atom. The van der Waals surface area contributed by atoms with E-state index in [1.54, 1.807) is 18.5 Å². The van der Waals surface area contributed by atoms with Gasteiger partial charge in [-0.2, -0.15) is 4.31 Å². The maximum Gasteiger partial charge on any atom is 0.235 e. The lowest BCUT2D eigenvalue weighted by molar-refractivity contribution is -0.121. The number of rotatable bonds is 9. The lowest BCUT2D eigenvalue weighted by Crippen LogP contribution is -2.40. The Balaban J connectivity index is 2.48. The van der Waals surface area contributed by atoms with Gasteiger partial charge in [-0.05, 0) is 18.1 Å². The van der Waals surface area contributed by atoms with E-state index in [9.17, 15) is 13.2 Å². The molecule has 0 aromatic carbocycles. The van der Waals surface area contributed by atoms with E-state index in [-0.39, 0.29) is 12.5 Å². The third-order valence-corrected chi connectivity index (χ3v) is 4.26. The van der Waals surface area contributed by atoms with Crippen LogP contribution in [0.2, 0.25) is 0 Å². The van der Waals surface area contributed by atoms with Crippen LogP contribution in [0.5, 0.6) is 0 Å². The van der Waals surface area contributed by atoms with Gasteiger partial charge in [-0.25, -0.2) is 8.42 Å². The van der Waals surface area contributed by atoms with E-state index in [0.717, 1.165) is 31.1 Å². The Bertz CT molecular complexity index is 532. The molecule has 6 nitrogen and oxygen atoms in total. The predicted molar refractivity (Wildman–Crippen MR) is 82.0 cm³/mol. The molecule has 0 fully saturated rings. The standard InChI is InChI=1S/C14H23N3O3S/c1-3-4-5-9-17(21(2,19)20)12-14(18)16-11-13-7-6-8-15-10-13/h6-8,10H,3-5,9,11-12H2,1-2H3,(H,16,18). The molecule has 1 N–H and O–H groups in total. The Hall–Kier alpha value is -1.47. The van der Waals surface area contributed by atoms with Crippen LogP contribution in [0.4, 0.5) is 0 Å². The highest BCUT2D eigenvalue weighted by Gasteiger charge is 2.19. The number of nitrogens with one attached hydrogen (secondary N) is 1. The van der Waals surface area contributed by atoms with Gasteiger partial charge in [0.2, 0.25) is 15.9 Å². The van der Waals surface area contributed by atoms with E-state index in [1.807, 2.05) is 13.0 Å². The second-order valence-electron chi connectivity index (χ2n) is 4.94. The monoisotopic (exact) mass is 313 g/mol. The average Bonchev–Trinajstić information content (AvgIpc) is 2.44. The average molecular weight is 313 g/mol. The molecule has 0 aliphatic rings. The number of hydrogen-bond donors (Lipinski definition) is 1. The SMILES string of the molecule is CCCCCN(CC(=O)NCc1cccnc1)S(C)(=O)=O. The van der Waals surface area contributed by atoms with Crippen LogP contribution in [0.1, 0.15) is 31.7 Å². The summed E-state index contributed by atoms with van der Waals surface area (Å²) in [6, 6.07) is 3.64. The highest BCUT2D eigenvalue weighted by molar-refractivity contribution is 7.88. The molecule has 0 bridgehead atoms. The summed E-state index contributed by atoms with van der Waals surface area (Å²) in [6.45, 7) is 2.64. The molecule has 1 rings (SSSR count). The van der Waals surface area contributed by atoms with Crippen molar-refractivity contribution in [2.75, 3.05) is 19.3 Å². The zero-order chi connectivity index (χ0) is 15.7. The Labute approximate surface area is 126 Å². The molecular formula is C14H23N3O3S. The van der Waals surface area contributed by atoms with Crippen molar-refractivity contribution in [3.05, 3.63) is 30.1 Å². The summed E-state index contributed by atoms with van der Waals surface area (Å²) in [6.07, 6.45) is 7.17.